The van der Waals surface area contributed by atoms with Crippen molar-refractivity contribution in [3.8, 4) is 5.75 Å². The van der Waals surface area contributed by atoms with E-state index in [4.69, 9.17) is 0 Å². The summed E-state index contributed by atoms with van der Waals surface area (Å²) in [4.78, 5) is 11.6. The molecule has 6 heteroatoms. The van der Waals surface area contributed by atoms with E-state index in [9.17, 15) is 9.90 Å². The van der Waals surface area contributed by atoms with Crippen molar-refractivity contribution in [2.75, 3.05) is 11.1 Å². The smallest absolute Gasteiger partial charge is 0.235 e. The monoisotopic (exact) mass is 261 g/mol. The zero-order chi connectivity index (χ0) is 12.5. The Kier molecular flexibility index (Phi) is 2.71. The molecule has 0 unspecified atom stereocenters. The largest absolute Gasteiger partial charge is 0.508 e. The molecule has 1 atom stereocenters. The Balaban J connectivity index is 2.05. The number of phenols is 1. The molecular weight excluding hydrogens is 250 g/mol. The number of phenolic OH excluding ortho intramolecular Hbond substituents is 1. The molecule has 1 amide bonds. The number of aromatic hydroxyl groups is 1. The fraction of sp³-hybridized carbons (Fsp3) is 0.167. The van der Waals surface area contributed by atoms with Gasteiger partial charge in [0.2, 0.25) is 5.91 Å². The van der Waals surface area contributed by atoms with Crippen LogP contribution in [0.4, 0.5) is 5.82 Å². The van der Waals surface area contributed by atoms with Gasteiger partial charge in [0, 0.05) is 5.56 Å². The van der Waals surface area contributed by atoms with Crippen molar-refractivity contribution < 1.29 is 9.90 Å². The SMILES string of the molecule is O=C1CS[C@H](c2cccc(O)c2)c2cn[nH]c2N1. The van der Waals surface area contributed by atoms with Crippen LogP contribution in [-0.4, -0.2) is 27.0 Å². The Morgan fingerprint density at radius 2 is 2.33 bits per heavy atom. The molecule has 3 N–H and O–H groups in total. The minimum atomic E-state index is -0.0480. The summed E-state index contributed by atoms with van der Waals surface area (Å²) >= 11 is 1.52. The first-order valence-corrected chi connectivity index (χ1v) is 6.52. The molecule has 0 saturated carbocycles. The molecule has 3 rings (SSSR count). The molecule has 0 bridgehead atoms. The minimum Gasteiger partial charge on any atom is -0.508 e. The van der Waals surface area contributed by atoms with Crippen LogP contribution in [0.1, 0.15) is 16.4 Å². The van der Waals surface area contributed by atoms with Crippen LogP contribution in [0, 0.1) is 0 Å². The number of benzene rings is 1. The highest BCUT2D eigenvalue weighted by molar-refractivity contribution is 8.00. The molecule has 5 nitrogen and oxygen atoms in total. The second-order valence-corrected chi connectivity index (χ2v) is 5.13. The lowest BCUT2D eigenvalue weighted by atomic mass is 10.1. The van der Waals surface area contributed by atoms with Gasteiger partial charge in [-0.25, -0.2) is 0 Å². The number of hydrogen-bond donors (Lipinski definition) is 3. The molecule has 0 fully saturated rings. The molecule has 2 heterocycles. The van der Waals surface area contributed by atoms with Crippen molar-refractivity contribution in [1.29, 1.82) is 0 Å². The van der Waals surface area contributed by atoms with Gasteiger partial charge in [0.05, 0.1) is 17.2 Å². The van der Waals surface area contributed by atoms with Gasteiger partial charge in [0.25, 0.3) is 0 Å². The number of hydrogen-bond acceptors (Lipinski definition) is 4. The Morgan fingerprint density at radius 3 is 3.17 bits per heavy atom. The van der Waals surface area contributed by atoms with Crippen molar-refractivity contribution in [1.82, 2.24) is 10.2 Å². The number of aromatic amines is 1. The van der Waals surface area contributed by atoms with E-state index >= 15 is 0 Å². The van der Waals surface area contributed by atoms with Crippen molar-refractivity contribution in [2.45, 2.75) is 5.25 Å². The second kappa shape index (κ2) is 4.38. The lowest BCUT2D eigenvalue weighted by molar-refractivity contribution is -0.113. The number of H-pyrrole nitrogens is 1. The third-order valence-electron chi connectivity index (χ3n) is 2.77. The normalized spacial score (nSPS) is 18.9. The van der Waals surface area contributed by atoms with Gasteiger partial charge >= 0.3 is 0 Å². The molecule has 0 aliphatic carbocycles. The molecule has 1 aliphatic rings. The molecule has 18 heavy (non-hydrogen) atoms. The standard InChI is InChI=1S/C12H11N3O2S/c16-8-3-1-2-7(4-8)11-9-5-13-15-12(9)14-10(17)6-18-11/h1-5,11,16H,6H2,(H2,13,14,15,17)/t11-/m1/s1. The van der Waals surface area contributed by atoms with Gasteiger partial charge < -0.3 is 10.4 Å². The Morgan fingerprint density at radius 1 is 1.44 bits per heavy atom. The summed E-state index contributed by atoms with van der Waals surface area (Å²) < 4.78 is 0. The van der Waals surface area contributed by atoms with Gasteiger partial charge in [0.1, 0.15) is 11.6 Å². The highest BCUT2D eigenvalue weighted by atomic mass is 32.2. The Labute approximate surface area is 108 Å². The molecule has 1 aromatic heterocycles. The average molecular weight is 261 g/mol. The van der Waals surface area contributed by atoms with E-state index in [1.54, 1.807) is 24.4 Å². The topological polar surface area (TPSA) is 78.0 Å². The number of rotatable bonds is 1. The summed E-state index contributed by atoms with van der Waals surface area (Å²) in [6, 6.07) is 7.07. The van der Waals surface area contributed by atoms with E-state index in [0.717, 1.165) is 11.1 Å². The lowest BCUT2D eigenvalue weighted by Crippen LogP contribution is -2.12. The van der Waals surface area contributed by atoms with Gasteiger partial charge in [-0.1, -0.05) is 12.1 Å². The predicted octanol–water partition coefficient (Wildman–Crippen LogP) is 1.89. The van der Waals surface area contributed by atoms with Gasteiger partial charge in [-0.05, 0) is 17.7 Å². The molecule has 0 saturated heterocycles. The van der Waals surface area contributed by atoms with Crippen LogP contribution >= 0.6 is 11.8 Å². The molecule has 1 aromatic carbocycles. The molecule has 92 valence electrons. The number of nitrogens with one attached hydrogen (secondary N) is 2. The summed E-state index contributed by atoms with van der Waals surface area (Å²) in [7, 11) is 0. The molecule has 0 spiro atoms. The minimum absolute atomic E-state index is 0.00944. The fourth-order valence-corrected chi connectivity index (χ4v) is 3.07. The van der Waals surface area contributed by atoms with Crippen molar-refractivity contribution in [3.63, 3.8) is 0 Å². The maximum Gasteiger partial charge on any atom is 0.235 e. The van der Waals surface area contributed by atoms with Crippen molar-refractivity contribution in [3.05, 3.63) is 41.6 Å². The van der Waals surface area contributed by atoms with Gasteiger partial charge in [-0.15, -0.1) is 11.8 Å². The average Bonchev–Trinajstić information content (AvgIpc) is 2.72. The fourth-order valence-electron chi connectivity index (χ4n) is 1.98. The van der Waals surface area contributed by atoms with E-state index in [2.05, 4.69) is 15.5 Å². The summed E-state index contributed by atoms with van der Waals surface area (Å²) in [6.07, 6.45) is 1.71. The molecular formula is C12H11N3O2S. The first-order valence-electron chi connectivity index (χ1n) is 5.47. The molecule has 2 aromatic rings. The third-order valence-corrected chi connectivity index (χ3v) is 4.06. The number of aromatic nitrogens is 2. The van der Waals surface area contributed by atoms with Crippen molar-refractivity contribution in [2.24, 2.45) is 0 Å². The number of thioether (sulfide) groups is 1. The number of amides is 1. The highest BCUT2D eigenvalue weighted by Gasteiger charge is 2.25. The van der Waals surface area contributed by atoms with E-state index in [-0.39, 0.29) is 16.9 Å². The summed E-state index contributed by atoms with van der Waals surface area (Å²) in [5.74, 6) is 1.19. The van der Waals surface area contributed by atoms with Crippen LogP contribution in [0.3, 0.4) is 0 Å². The zero-order valence-corrected chi connectivity index (χ0v) is 10.2. The zero-order valence-electron chi connectivity index (χ0n) is 9.38. The van der Waals surface area contributed by atoms with E-state index in [0.29, 0.717) is 11.6 Å². The molecule has 0 radical (unpaired) electrons. The first-order chi connectivity index (χ1) is 8.74. The third kappa shape index (κ3) is 1.95. The van der Waals surface area contributed by atoms with Gasteiger partial charge in [-0.2, -0.15) is 5.10 Å². The Hall–Kier alpha value is -1.95. The van der Waals surface area contributed by atoms with E-state index in [1.165, 1.54) is 11.8 Å². The predicted molar refractivity (Wildman–Crippen MR) is 69.6 cm³/mol. The molecule has 1 aliphatic heterocycles. The first kappa shape index (κ1) is 11.2. The van der Waals surface area contributed by atoms with Gasteiger partial charge in [-0.3, -0.25) is 9.89 Å². The number of carbonyl (C=O) groups excluding carboxylic acids is 1. The van der Waals surface area contributed by atoms with Crippen LogP contribution in [0.25, 0.3) is 0 Å². The van der Waals surface area contributed by atoms with Gasteiger partial charge in [0.15, 0.2) is 0 Å². The maximum atomic E-state index is 11.6. The summed E-state index contributed by atoms with van der Waals surface area (Å²) in [5, 5.41) is 19.1. The maximum absolute atomic E-state index is 11.6. The Bertz CT molecular complexity index is 597. The number of carbonyl (C=O) groups is 1. The second-order valence-electron chi connectivity index (χ2n) is 4.03. The number of fused-ring (bicyclic) bond motifs is 1. The summed E-state index contributed by atoms with van der Waals surface area (Å²) in [5.41, 5.74) is 1.88. The summed E-state index contributed by atoms with van der Waals surface area (Å²) in [6.45, 7) is 0. The van der Waals surface area contributed by atoms with Crippen molar-refractivity contribution >= 4 is 23.5 Å². The van der Waals surface area contributed by atoms with Crippen LogP contribution in [-0.2, 0) is 4.79 Å². The number of anilines is 1. The number of nitrogens with zero attached hydrogens (tertiary/aromatic N) is 1. The quantitative estimate of drug-likeness (QED) is 0.732. The van der Waals surface area contributed by atoms with E-state index < -0.39 is 0 Å². The highest BCUT2D eigenvalue weighted by Crippen LogP contribution is 2.41. The van der Waals surface area contributed by atoms with Crippen LogP contribution in [0.2, 0.25) is 0 Å². The van der Waals surface area contributed by atoms with Crippen LogP contribution in [0.5, 0.6) is 5.75 Å². The van der Waals surface area contributed by atoms with E-state index in [1.807, 2.05) is 6.07 Å². The van der Waals surface area contributed by atoms with Crippen LogP contribution < -0.4 is 5.32 Å². The lowest BCUT2D eigenvalue weighted by Gasteiger charge is -2.13. The van der Waals surface area contributed by atoms with Crippen LogP contribution in [0.15, 0.2) is 30.5 Å².